The quantitative estimate of drug-likeness (QED) is 0.703. The summed E-state index contributed by atoms with van der Waals surface area (Å²) in [5.41, 5.74) is -0.270. The van der Waals surface area contributed by atoms with E-state index < -0.39 is 11.9 Å². The molecule has 1 aliphatic rings. The minimum Gasteiger partial charge on any atom is -0.465 e. The van der Waals surface area contributed by atoms with Crippen LogP contribution in [-0.4, -0.2) is 36.7 Å². The van der Waals surface area contributed by atoms with Crippen LogP contribution >= 0.6 is 0 Å². The van der Waals surface area contributed by atoms with Gasteiger partial charge in [0.1, 0.15) is 0 Å². The maximum Gasteiger partial charge on any atom is 0.404 e. The Balaban J connectivity index is 2.41. The Labute approximate surface area is 83.4 Å². The molecular formula is C9H17NO4. The van der Waals surface area contributed by atoms with Gasteiger partial charge in [-0.05, 0) is 13.8 Å². The molecule has 1 fully saturated rings. The first-order valence-electron chi connectivity index (χ1n) is 4.58. The molecule has 0 aromatic heterocycles. The first-order chi connectivity index (χ1) is 6.33. The molecule has 0 spiro atoms. The number of carbonyl (C=O) groups is 1. The van der Waals surface area contributed by atoms with Crippen LogP contribution in [0.1, 0.15) is 20.8 Å². The summed E-state index contributed by atoms with van der Waals surface area (Å²) in [5, 5.41) is 10.8. The van der Waals surface area contributed by atoms with Crippen LogP contribution in [0, 0.1) is 5.41 Å². The van der Waals surface area contributed by atoms with Gasteiger partial charge in [-0.2, -0.15) is 0 Å². The van der Waals surface area contributed by atoms with E-state index in [1.54, 1.807) is 0 Å². The Morgan fingerprint density at radius 3 is 2.29 bits per heavy atom. The second kappa shape index (κ2) is 3.74. The van der Waals surface area contributed by atoms with Crippen molar-refractivity contribution in [1.29, 1.82) is 0 Å². The number of rotatable bonds is 2. The molecule has 0 bridgehead atoms. The highest BCUT2D eigenvalue weighted by Crippen LogP contribution is 2.28. The molecule has 0 radical (unpaired) electrons. The Kier molecular flexibility index (Phi) is 3.01. The van der Waals surface area contributed by atoms with Gasteiger partial charge < -0.3 is 19.9 Å². The molecule has 1 rings (SSSR count). The van der Waals surface area contributed by atoms with Crippen molar-refractivity contribution in [3.63, 3.8) is 0 Å². The first kappa shape index (κ1) is 11.3. The number of hydrogen-bond acceptors (Lipinski definition) is 3. The minimum absolute atomic E-state index is 0.270. The average Bonchev–Trinajstić information content (AvgIpc) is 2.08. The average molecular weight is 203 g/mol. The van der Waals surface area contributed by atoms with Crippen LogP contribution in [0.2, 0.25) is 0 Å². The summed E-state index contributed by atoms with van der Waals surface area (Å²) >= 11 is 0. The van der Waals surface area contributed by atoms with Crippen LogP contribution < -0.4 is 5.32 Å². The van der Waals surface area contributed by atoms with Gasteiger partial charge in [0.15, 0.2) is 5.79 Å². The highest BCUT2D eigenvalue weighted by atomic mass is 16.7. The van der Waals surface area contributed by atoms with Gasteiger partial charge in [0.25, 0.3) is 0 Å². The first-order valence-corrected chi connectivity index (χ1v) is 4.58. The third kappa shape index (κ3) is 3.16. The monoisotopic (exact) mass is 203 g/mol. The Bertz CT molecular complexity index is 217. The number of ether oxygens (including phenoxy) is 2. The topological polar surface area (TPSA) is 67.8 Å². The fourth-order valence-corrected chi connectivity index (χ4v) is 1.17. The van der Waals surface area contributed by atoms with Crippen LogP contribution in [0.25, 0.3) is 0 Å². The SMILES string of the molecule is CC1(CNC(=O)O)COC(C)(C)OC1. The van der Waals surface area contributed by atoms with E-state index in [0.29, 0.717) is 19.8 Å². The van der Waals surface area contributed by atoms with Crippen LogP contribution in [0.4, 0.5) is 4.79 Å². The third-order valence-corrected chi connectivity index (χ3v) is 2.20. The molecular weight excluding hydrogens is 186 g/mol. The normalized spacial score (nSPS) is 24.2. The molecule has 0 unspecified atom stereocenters. The van der Waals surface area contributed by atoms with Crippen molar-refractivity contribution in [3.8, 4) is 0 Å². The summed E-state index contributed by atoms with van der Waals surface area (Å²) in [7, 11) is 0. The molecule has 5 heteroatoms. The molecule has 1 saturated heterocycles. The maximum atomic E-state index is 10.3. The van der Waals surface area contributed by atoms with Crippen molar-refractivity contribution in [1.82, 2.24) is 5.32 Å². The van der Waals surface area contributed by atoms with Gasteiger partial charge in [0, 0.05) is 12.0 Å². The van der Waals surface area contributed by atoms with Crippen molar-refractivity contribution < 1.29 is 19.4 Å². The molecule has 0 aromatic rings. The molecule has 0 atom stereocenters. The van der Waals surface area contributed by atoms with Crippen molar-refractivity contribution in [3.05, 3.63) is 0 Å². The van der Waals surface area contributed by atoms with Gasteiger partial charge in [0.2, 0.25) is 0 Å². The lowest BCUT2D eigenvalue weighted by Crippen LogP contribution is -2.50. The van der Waals surface area contributed by atoms with E-state index in [0.717, 1.165) is 0 Å². The predicted molar refractivity (Wildman–Crippen MR) is 50.1 cm³/mol. The lowest BCUT2D eigenvalue weighted by atomic mass is 9.91. The lowest BCUT2D eigenvalue weighted by molar-refractivity contribution is -0.281. The smallest absolute Gasteiger partial charge is 0.404 e. The highest BCUT2D eigenvalue weighted by molar-refractivity contribution is 5.64. The van der Waals surface area contributed by atoms with E-state index >= 15 is 0 Å². The zero-order valence-corrected chi connectivity index (χ0v) is 8.79. The van der Waals surface area contributed by atoms with Crippen molar-refractivity contribution in [2.24, 2.45) is 5.41 Å². The van der Waals surface area contributed by atoms with E-state index in [1.807, 2.05) is 20.8 Å². The lowest BCUT2D eigenvalue weighted by Gasteiger charge is -2.41. The maximum absolute atomic E-state index is 10.3. The van der Waals surface area contributed by atoms with Gasteiger partial charge in [-0.15, -0.1) is 0 Å². The molecule has 14 heavy (non-hydrogen) atoms. The number of hydrogen-bond donors (Lipinski definition) is 2. The van der Waals surface area contributed by atoms with Gasteiger partial charge in [-0.1, -0.05) is 6.92 Å². The highest BCUT2D eigenvalue weighted by Gasteiger charge is 2.36. The van der Waals surface area contributed by atoms with Gasteiger partial charge in [0.05, 0.1) is 13.2 Å². The summed E-state index contributed by atoms with van der Waals surface area (Å²) < 4.78 is 10.9. The second-order valence-corrected chi connectivity index (χ2v) is 4.45. The summed E-state index contributed by atoms with van der Waals surface area (Å²) in [6, 6.07) is 0. The molecule has 1 heterocycles. The van der Waals surface area contributed by atoms with E-state index in [1.165, 1.54) is 0 Å². The van der Waals surface area contributed by atoms with E-state index in [-0.39, 0.29) is 5.41 Å². The van der Waals surface area contributed by atoms with Gasteiger partial charge in [-0.3, -0.25) is 0 Å². The molecule has 0 aromatic carbocycles. The number of nitrogens with one attached hydrogen (secondary N) is 1. The summed E-state index contributed by atoms with van der Waals surface area (Å²) in [4.78, 5) is 10.3. The molecule has 82 valence electrons. The molecule has 0 saturated carbocycles. The fourth-order valence-electron chi connectivity index (χ4n) is 1.17. The molecule has 1 aliphatic heterocycles. The molecule has 1 amide bonds. The zero-order chi connectivity index (χ0) is 10.8. The predicted octanol–water partition coefficient (Wildman–Crippen LogP) is 1.04. The van der Waals surface area contributed by atoms with Crippen LogP contribution in [0.5, 0.6) is 0 Å². The Hall–Kier alpha value is -0.810. The van der Waals surface area contributed by atoms with Gasteiger partial charge >= 0.3 is 6.09 Å². The minimum atomic E-state index is -1.02. The largest absolute Gasteiger partial charge is 0.465 e. The second-order valence-electron chi connectivity index (χ2n) is 4.45. The zero-order valence-electron chi connectivity index (χ0n) is 8.79. The molecule has 0 aliphatic carbocycles. The van der Waals surface area contributed by atoms with Crippen molar-refractivity contribution >= 4 is 6.09 Å². The van der Waals surface area contributed by atoms with Crippen LogP contribution in [0.3, 0.4) is 0 Å². The van der Waals surface area contributed by atoms with Gasteiger partial charge in [-0.25, -0.2) is 4.79 Å². The van der Waals surface area contributed by atoms with Crippen LogP contribution in [0.15, 0.2) is 0 Å². The third-order valence-electron chi connectivity index (χ3n) is 2.20. The van der Waals surface area contributed by atoms with Crippen molar-refractivity contribution in [2.75, 3.05) is 19.8 Å². The number of carboxylic acid groups (broad SMARTS) is 1. The van der Waals surface area contributed by atoms with Crippen molar-refractivity contribution in [2.45, 2.75) is 26.6 Å². The molecule has 5 nitrogen and oxygen atoms in total. The number of amides is 1. The van der Waals surface area contributed by atoms with Crippen LogP contribution in [-0.2, 0) is 9.47 Å². The Morgan fingerprint density at radius 1 is 1.36 bits per heavy atom. The van der Waals surface area contributed by atoms with E-state index in [2.05, 4.69) is 5.32 Å². The summed E-state index contributed by atoms with van der Waals surface area (Å²) in [6.07, 6.45) is -1.02. The summed E-state index contributed by atoms with van der Waals surface area (Å²) in [6.45, 7) is 6.96. The summed E-state index contributed by atoms with van der Waals surface area (Å²) in [5.74, 6) is -0.553. The molecule has 2 N–H and O–H groups in total. The van der Waals surface area contributed by atoms with E-state index in [9.17, 15) is 4.79 Å². The fraction of sp³-hybridized carbons (Fsp3) is 0.889. The standard InChI is InChI=1S/C9H17NO4/c1-8(2)13-5-9(3,6-14-8)4-10-7(11)12/h10H,4-6H2,1-3H3,(H,11,12). The Morgan fingerprint density at radius 2 is 1.86 bits per heavy atom. The van der Waals surface area contributed by atoms with E-state index in [4.69, 9.17) is 14.6 Å².